The molecule has 23 heavy (non-hydrogen) atoms. The van der Waals surface area contributed by atoms with Crippen LogP contribution in [0.1, 0.15) is 59.8 Å². The van der Waals surface area contributed by atoms with E-state index in [-0.39, 0.29) is 18.0 Å². The largest absolute Gasteiger partial charge is 0.463 e. The SMILES string of the molecule is CCOC(=O)C(=CC1CCCCC1)CP(=O)(CC(C)C)OCC. The van der Waals surface area contributed by atoms with Crippen molar-refractivity contribution >= 4 is 13.3 Å². The van der Waals surface area contributed by atoms with Crippen LogP contribution in [0.2, 0.25) is 0 Å². The molecular formula is C18H33O4P. The van der Waals surface area contributed by atoms with Crippen LogP contribution >= 0.6 is 7.37 Å². The Labute approximate surface area is 141 Å². The monoisotopic (exact) mass is 344 g/mol. The third-order valence-corrected chi connectivity index (χ3v) is 6.88. The molecule has 1 rings (SSSR count). The van der Waals surface area contributed by atoms with Gasteiger partial charge < -0.3 is 9.26 Å². The molecule has 0 bridgehead atoms. The van der Waals surface area contributed by atoms with Crippen molar-refractivity contribution in [3.8, 4) is 0 Å². The Morgan fingerprint density at radius 3 is 2.35 bits per heavy atom. The Bertz CT molecular complexity index is 436. The Morgan fingerprint density at radius 2 is 1.83 bits per heavy atom. The topological polar surface area (TPSA) is 52.6 Å². The van der Waals surface area contributed by atoms with Crippen LogP contribution in [0, 0.1) is 11.8 Å². The van der Waals surface area contributed by atoms with Crippen molar-refractivity contribution < 1.29 is 18.6 Å². The molecule has 0 saturated heterocycles. The number of allylic oxidation sites excluding steroid dienone is 1. The molecule has 1 aliphatic carbocycles. The minimum absolute atomic E-state index is 0.203. The number of ether oxygens (including phenoxy) is 1. The summed E-state index contributed by atoms with van der Waals surface area (Å²) in [5.41, 5.74) is 0.552. The molecule has 0 aromatic carbocycles. The summed E-state index contributed by atoms with van der Waals surface area (Å²) in [6, 6.07) is 0. The summed E-state index contributed by atoms with van der Waals surface area (Å²) >= 11 is 0. The zero-order chi connectivity index (χ0) is 17.3. The molecule has 1 fully saturated rings. The molecule has 0 aromatic rings. The standard InChI is InChI=1S/C18H33O4P/c1-5-21-18(19)17(12-16-10-8-7-9-11-16)14-23(20,22-6-2)13-15(3)4/h12,15-16H,5-11,13-14H2,1-4H3. The van der Waals surface area contributed by atoms with Crippen LogP contribution in [0.15, 0.2) is 11.6 Å². The average molecular weight is 344 g/mol. The summed E-state index contributed by atoms with van der Waals surface area (Å²) in [6.07, 6.45) is 8.60. The minimum atomic E-state index is -2.85. The van der Waals surface area contributed by atoms with Crippen LogP contribution in [0.4, 0.5) is 0 Å². The van der Waals surface area contributed by atoms with Crippen molar-refractivity contribution in [2.75, 3.05) is 25.5 Å². The molecule has 0 radical (unpaired) electrons. The zero-order valence-electron chi connectivity index (χ0n) is 15.2. The summed E-state index contributed by atoms with van der Waals surface area (Å²) in [5, 5.41) is 0. The predicted molar refractivity (Wildman–Crippen MR) is 95.1 cm³/mol. The third-order valence-electron chi connectivity index (χ3n) is 4.04. The quantitative estimate of drug-likeness (QED) is 0.334. The molecule has 134 valence electrons. The predicted octanol–water partition coefficient (Wildman–Crippen LogP) is 5.03. The fraction of sp³-hybridized carbons (Fsp3) is 0.833. The fourth-order valence-corrected chi connectivity index (χ4v) is 5.87. The van der Waals surface area contributed by atoms with Crippen molar-refractivity contribution in [2.24, 2.45) is 11.8 Å². The number of carbonyl (C=O) groups excluding carboxylic acids is 1. The molecule has 0 aliphatic heterocycles. The Morgan fingerprint density at radius 1 is 1.17 bits per heavy atom. The molecule has 0 amide bonds. The highest BCUT2D eigenvalue weighted by atomic mass is 31.2. The van der Waals surface area contributed by atoms with E-state index in [9.17, 15) is 9.36 Å². The van der Waals surface area contributed by atoms with Gasteiger partial charge in [-0.2, -0.15) is 0 Å². The van der Waals surface area contributed by atoms with E-state index >= 15 is 0 Å². The van der Waals surface area contributed by atoms with Gasteiger partial charge in [-0.3, -0.25) is 4.57 Å². The van der Waals surface area contributed by atoms with E-state index in [1.165, 1.54) is 19.3 Å². The van der Waals surface area contributed by atoms with Gasteiger partial charge in [-0.05, 0) is 38.5 Å². The minimum Gasteiger partial charge on any atom is -0.463 e. The van der Waals surface area contributed by atoms with Crippen molar-refractivity contribution in [3.63, 3.8) is 0 Å². The first-order valence-corrected chi connectivity index (χ1v) is 11.0. The third kappa shape index (κ3) is 7.67. The van der Waals surface area contributed by atoms with Gasteiger partial charge in [0.15, 0.2) is 0 Å². The van der Waals surface area contributed by atoms with E-state index in [1.807, 2.05) is 26.8 Å². The summed E-state index contributed by atoms with van der Waals surface area (Å²) < 4.78 is 23.9. The van der Waals surface area contributed by atoms with E-state index in [1.54, 1.807) is 6.92 Å². The molecule has 0 N–H and O–H groups in total. The van der Waals surface area contributed by atoms with Crippen LogP contribution in [-0.4, -0.2) is 31.5 Å². The first-order valence-electron chi connectivity index (χ1n) is 9.00. The summed E-state index contributed by atoms with van der Waals surface area (Å²) in [4.78, 5) is 12.3. The molecule has 0 heterocycles. The van der Waals surface area contributed by atoms with Crippen molar-refractivity contribution in [1.29, 1.82) is 0 Å². The van der Waals surface area contributed by atoms with Crippen LogP contribution in [0.3, 0.4) is 0 Å². The Hall–Kier alpha value is -0.600. The second kappa shape index (κ2) is 10.3. The Balaban J connectivity index is 2.94. The van der Waals surface area contributed by atoms with Gasteiger partial charge in [0.25, 0.3) is 0 Å². The second-order valence-corrected chi connectivity index (χ2v) is 9.35. The van der Waals surface area contributed by atoms with Crippen molar-refractivity contribution in [1.82, 2.24) is 0 Å². The van der Waals surface area contributed by atoms with Gasteiger partial charge in [-0.25, -0.2) is 4.79 Å². The number of esters is 1. The maximum atomic E-state index is 13.1. The van der Waals surface area contributed by atoms with Crippen molar-refractivity contribution in [2.45, 2.75) is 59.8 Å². The number of hydrogen-bond donors (Lipinski definition) is 0. The number of carbonyl (C=O) groups is 1. The molecule has 1 unspecified atom stereocenters. The maximum absolute atomic E-state index is 13.1. The lowest BCUT2D eigenvalue weighted by Gasteiger charge is -2.23. The van der Waals surface area contributed by atoms with Gasteiger partial charge in [-0.1, -0.05) is 39.2 Å². The molecule has 5 heteroatoms. The van der Waals surface area contributed by atoms with E-state index in [4.69, 9.17) is 9.26 Å². The molecule has 0 spiro atoms. The summed E-state index contributed by atoms with van der Waals surface area (Å²) in [5.74, 6) is 0.338. The van der Waals surface area contributed by atoms with Crippen LogP contribution in [0.5, 0.6) is 0 Å². The molecule has 4 nitrogen and oxygen atoms in total. The first-order chi connectivity index (χ1) is 10.9. The van der Waals surface area contributed by atoms with Crippen molar-refractivity contribution in [3.05, 3.63) is 11.6 Å². The lowest BCUT2D eigenvalue weighted by Crippen LogP contribution is -2.16. The summed E-state index contributed by atoms with van der Waals surface area (Å²) in [6.45, 7) is 8.45. The zero-order valence-corrected chi connectivity index (χ0v) is 16.1. The summed E-state index contributed by atoms with van der Waals surface area (Å²) in [7, 11) is -2.85. The maximum Gasteiger partial charge on any atom is 0.334 e. The van der Waals surface area contributed by atoms with E-state index < -0.39 is 7.37 Å². The fourth-order valence-electron chi connectivity index (χ4n) is 3.21. The normalized spacial score (nSPS) is 19.6. The van der Waals surface area contributed by atoms with Gasteiger partial charge in [-0.15, -0.1) is 0 Å². The van der Waals surface area contributed by atoms with E-state index in [0.29, 0.717) is 30.9 Å². The molecular weight excluding hydrogens is 311 g/mol. The average Bonchev–Trinajstić information content (AvgIpc) is 2.47. The van der Waals surface area contributed by atoms with Gasteiger partial charge in [0.1, 0.15) is 0 Å². The van der Waals surface area contributed by atoms with Crippen LogP contribution in [0.25, 0.3) is 0 Å². The second-order valence-electron chi connectivity index (χ2n) is 6.78. The van der Waals surface area contributed by atoms with Crippen LogP contribution < -0.4 is 0 Å². The van der Waals surface area contributed by atoms with E-state index in [0.717, 1.165) is 12.8 Å². The highest BCUT2D eigenvalue weighted by Gasteiger charge is 2.29. The number of hydrogen-bond acceptors (Lipinski definition) is 4. The number of rotatable bonds is 9. The van der Waals surface area contributed by atoms with E-state index in [2.05, 4.69) is 0 Å². The smallest absolute Gasteiger partial charge is 0.334 e. The molecule has 1 saturated carbocycles. The van der Waals surface area contributed by atoms with Gasteiger partial charge in [0, 0.05) is 11.7 Å². The van der Waals surface area contributed by atoms with Gasteiger partial charge in [0.2, 0.25) is 7.37 Å². The highest BCUT2D eigenvalue weighted by Crippen LogP contribution is 2.50. The molecule has 1 atom stereocenters. The molecule has 1 aliphatic rings. The Kier molecular flexibility index (Phi) is 9.16. The first kappa shape index (κ1) is 20.4. The van der Waals surface area contributed by atoms with Gasteiger partial charge in [0.05, 0.1) is 19.4 Å². The molecule has 0 aromatic heterocycles. The highest BCUT2D eigenvalue weighted by molar-refractivity contribution is 7.59. The lowest BCUT2D eigenvalue weighted by atomic mass is 9.88. The lowest BCUT2D eigenvalue weighted by molar-refractivity contribution is -0.138. The van der Waals surface area contributed by atoms with Gasteiger partial charge >= 0.3 is 5.97 Å². The van der Waals surface area contributed by atoms with Crippen LogP contribution in [-0.2, 0) is 18.6 Å².